The number of anilines is 1. The molecule has 0 unspecified atom stereocenters. The standard InChI is InChI=1S/C20H19F4NO4S/c21-15-8-13(5-6-16(15)29-20(22,23)24)14-9-18(30-10-14)25-17(26)7-11-1-3-12(4-2-11)19(27)28/h5-6,8-12H,1-4,7H2,(H,25,26)(H,27,28). The van der Waals surface area contributed by atoms with Gasteiger partial charge in [0.15, 0.2) is 11.6 Å². The molecule has 1 aliphatic rings. The molecule has 0 spiro atoms. The first kappa shape index (κ1) is 22.1. The number of ether oxygens (including phenoxy) is 1. The Morgan fingerprint density at radius 1 is 1.13 bits per heavy atom. The van der Waals surface area contributed by atoms with Crippen molar-refractivity contribution in [3.63, 3.8) is 0 Å². The van der Waals surface area contributed by atoms with Gasteiger partial charge >= 0.3 is 12.3 Å². The summed E-state index contributed by atoms with van der Waals surface area (Å²) >= 11 is 1.22. The van der Waals surface area contributed by atoms with Gasteiger partial charge in [0.25, 0.3) is 0 Å². The highest BCUT2D eigenvalue weighted by molar-refractivity contribution is 7.14. The minimum Gasteiger partial charge on any atom is -0.481 e. The number of amides is 1. The predicted molar refractivity (Wildman–Crippen MR) is 103 cm³/mol. The van der Waals surface area contributed by atoms with Crippen LogP contribution in [-0.2, 0) is 9.59 Å². The molecule has 1 aromatic heterocycles. The maximum absolute atomic E-state index is 13.9. The number of carboxylic acid groups (broad SMARTS) is 1. The predicted octanol–water partition coefficient (Wildman–Crippen LogP) is 5.67. The van der Waals surface area contributed by atoms with Gasteiger partial charge in [-0.05, 0) is 60.9 Å². The zero-order valence-electron chi connectivity index (χ0n) is 15.7. The Morgan fingerprint density at radius 3 is 2.43 bits per heavy atom. The SMILES string of the molecule is O=C(CC1CCC(C(=O)O)CC1)Nc1cc(-c2ccc(OC(F)(F)F)c(F)c2)cs1. The van der Waals surface area contributed by atoms with Crippen molar-refractivity contribution >= 4 is 28.2 Å². The molecule has 3 rings (SSSR count). The topological polar surface area (TPSA) is 75.6 Å². The summed E-state index contributed by atoms with van der Waals surface area (Å²) in [5.74, 6) is -3.24. The molecule has 30 heavy (non-hydrogen) atoms. The average molecular weight is 445 g/mol. The molecule has 1 aliphatic carbocycles. The number of carbonyl (C=O) groups excluding carboxylic acids is 1. The van der Waals surface area contributed by atoms with E-state index in [1.165, 1.54) is 17.4 Å². The normalized spacial score (nSPS) is 19.3. The fourth-order valence-corrected chi connectivity index (χ4v) is 4.33. The van der Waals surface area contributed by atoms with Crippen LogP contribution in [0.3, 0.4) is 0 Å². The summed E-state index contributed by atoms with van der Waals surface area (Å²) in [4.78, 5) is 23.3. The Bertz CT molecular complexity index is 920. The summed E-state index contributed by atoms with van der Waals surface area (Å²) in [6.07, 6.45) is -2.18. The fraction of sp³-hybridized carbons (Fsp3) is 0.400. The van der Waals surface area contributed by atoms with Gasteiger partial charge in [0.1, 0.15) is 0 Å². The molecule has 0 aliphatic heterocycles. The van der Waals surface area contributed by atoms with Crippen LogP contribution < -0.4 is 10.1 Å². The van der Waals surface area contributed by atoms with Crippen LogP contribution >= 0.6 is 11.3 Å². The number of thiophene rings is 1. The molecular formula is C20H19F4NO4S. The lowest BCUT2D eigenvalue weighted by Crippen LogP contribution is -2.24. The molecule has 10 heteroatoms. The number of alkyl halides is 3. The highest BCUT2D eigenvalue weighted by Crippen LogP contribution is 2.34. The van der Waals surface area contributed by atoms with Gasteiger partial charge in [0.05, 0.1) is 10.9 Å². The van der Waals surface area contributed by atoms with E-state index in [-0.39, 0.29) is 24.2 Å². The van der Waals surface area contributed by atoms with E-state index in [0.29, 0.717) is 41.8 Å². The number of halogens is 4. The van der Waals surface area contributed by atoms with Crippen LogP contribution in [0.4, 0.5) is 22.6 Å². The van der Waals surface area contributed by atoms with Gasteiger partial charge in [-0.1, -0.05) is 6.07 Å². The molecule has 2 N–H and O–H groups in total. The molecule has 0 atom stereocenters. The van der Waals surface area contributed by atoms with E-state index in [4.69, 9.17) is 5.11 Å². The molecule has 2 aromatic rings. The fourth-order valence-electron chi connectivity index (χ4n) is 3.51. The molecular weight excluding hydrogens is 426 g/mol. The number of benzene rings is 1. The van der Waals surface area contributed by atoms with E-state index in [0.717, 1.165) is 12.1 Å². The van der Waals surface area contributed by atoms with E-state index in [2.05, 4.69) is 10.1 Å². The van der Waals surface area contributed by atoms with Crippen LogP contribution in [0.1, 0.15) is 32.1 Å². The molecule has 0 radical (unpaired) electrons. The van der Waals surface area contributed by atoms with Crippen LogP contribution in [-0.4, -0.2) is 23.3 Å². The lowest BCUT2D eigenvalue weighted by Gasteiger charge is -2.25. The molecule has 162 valence electrons. The molecule has 0 saturated heterocycles. The van der Waals surface area contributed by atoms with E-state index >= 15 is 0 Å². The van der Waals surface area contributed by atoms with Gasteiger partial charge in [-0.3, -0.25) is 9.59 Å². The Balaban J connectivity index is 1.57. The van der Waals surface area contributed by atoms with Crippen molar-refractivity contribution in [3.8, 4) is 16.9 Å². The molecule has 1 heterocycles. The van der Waals surface area contributed by atoms with Crippen LogP contribution in [0.2, 0.25) is 0 Å². The van der Waals surface area contributed by atoms with Crippen LogP contribution in [0, 0.1) is 17.7 Å². The quantitative estimate of drug-likeness (QED) is 0.562. The number of hydrogen-bond donors (Lipinski definition) is 2. The third-order valence-corrected chi connectivity index (χ3v) is 5.87. The van der Waals surface area contributed by atoms with E-state index in [1.54, 1.807) is 11.4 Å². The first-order chi connectivity index (χ1) is 14.1. The van der Waals surface area contributed by atoms with Gasteiger partial charge in [0.2, 0.25) is 5.91 Å². The zero-order chi connectivity index (χ0) is 21.9. The number of nitrogens with one attached hydrogen (secondary N) is 1. The van der Waals surface area contributed by atoms with E-state index in [1.807, 2.05) is 0 Å². The van der Waals surface area contributed by atoms with Crippen LogP contribution in [0.15, 0.2) is 29.6 Å². The summed E-state index contributed by atoms with van der Waals surface area (Å²) in [5, 5.41) is 14.0. The average Bonchev–Trinajstić information content (AvgIpc) is 3.11. The van der Waals surface area contributed by atoms with Gasteiger partial charge in [-0.2, -0.15) is 0 Å². The number of carboxylic acids is 1. The van der Waals surface area contributed by atoms with Crippen LogP contribution in [0.5, 0.6) is 5.75 Å². The van der Waals surface area contributed by atoms with Crippen molar-refractivity contribution < 1.29 is 37.0 Å². The third kappa shape index (κ3) is 5.94. The summed E-state index contributed by atoms with van der Waals surface area (Å²) in [6.45, 7) is 0. The zero-order valence-corrected chi connectivity index (χ0v) is 16.5. The van der Waals surface area contributed by atoms with Crippen molar-refractivity contribution in [3.05, 3.63) is 35.5 Å². The van der Waals surface area contributed by atoms with E-state index in [9.17, 15) is 27.2 Å². The van der Waals surface area contributed by atoms with E-state index < -0.39 is 23.9 Å². The Labute approximate surface area is 173 Å². The maximum atomic E-state index is 13.9. The summed E-state index contributed by atoms with van der Waals surface area (Å²) in [7, 11) is 0. The Kier molecular flexibility index (Phi) is 6.64. The number of aliphatic carboxylic acids is 1. The summed E-state index contributed by atoms with van der Waals surface area (Å²) in [6, 6.07) is 4.76. The molecule has 1 aromatic carbocycles. The van der Waals surface area contributed by atoms with Gasteiger partial charge in [0, 0.05) is 11.8 Å². The Morgan fingerprint density at radius 2 is 1.83 bits per heavy atom. The smallest absolute Gasteiger partial charge is 0.481 e. The number of carbonyl (C=O) groups is 2. The molecule has 5 nitrogen and oxygen atoms in total. The van der Waals surface area contributed by atoms with Crippen molar-refractivity contribution in [1.29, 1.82) is 0 Å². The van der Waals surface area contributed by atoms with Crippen molar-refractivity contribution in [2.75, 3.05) is 5.32 Å². The monoisotopic (exact) mass is 445 g/mol. The number of rotatable bonds is 6. The first-order valence-corrected chi connectivity index (χ1v) is 10.2. The lowest BCUT2D eigenvalue weighted by molar-refractivity contribution is -0.275. The van der Waals surface area contributed by atoms with Crippen molar-refractivity contribution in [2.24, 2.45) is 11.8 Å². The molecule has 1 saturated carbocycles. The summed E-state index contributed by atoms with van der Waals surface area (Å²) < 4.78 is 54.2. The molecule has 1 fully saturated rings. The number of hydrogen-bond acceptors (Lipinski definition) is 4. The van der Waals surface area contributed by atoms with Crippen LogP contribution in [0.25, 0.3) is 11.1 Å². The highest BCUT2D eigenvalue weighted by Gasteiger charge is 2.32. The third-order valence-electron chi connectivity index (χ3n) is 5.02. The van der Waals surface area contributed by atoms with Gasteiger partial charge in [-0.15, -0.1) is 24.5 Å². The summed E-state index contributed by atoms with van der Waals surface area (Å²) in [5.41, 5.74) is 0.903. The molecule has 0 bridgehead atoms. The first-order valence-electron chi connectivity index (χ1n) is 9.27. The maximum Gasteiger partial charge on any atom is 0.573 e. The highest BCUT2D eigenvalue weighted by atomic mass is 32.1. The second-order valence-corrected chi connectivity index (χ2v) is 8.11. The minimum absolute atomic E-state index is 0.135. The van der Waals surface area contributed by atoms with Gasteiger partial charge in [-0.25, -0.2) is 4.39 Å². The van der Waals surface area contributed by atoms with Crippen molar-refractivity contribution in [1.82, 2.24) is 0 Å². The lowest BCUT2D eigenvalue weighted by atomic mass is 9.80. The largest absolute Gasteiger partial charge is 0.573 e. The molecule has 1 amide bonds. The van der Waals surface area contributed by atoms with Crippen molar-refractivity contribution in [2.45, 2.75) is 38.5 Å². The minimum atomic E-state index is -4.98. The van der Waals surface area contributed by atoms with Gasteiger partial charge < -0.3 is 15.2 Å². The Hall–Kier alpha value is -2.62. The second kappa shape index (κ2) is 9.03. The second-order valence-electron chi connectivity index (χ2n) is 7.20.